The SMILES string of the molecule is COc1cc(/C=N/OCC(=O)NC(C)C(C)C)ccc1OC(F)F. The van der Waals surface area contributed by atoms with Crippen LogP contribution in [0.1, 0.15) is 26.3 Å². The van der Waals surface area contributed by atoms with Crippen molar-refractivity contribution in [1.82, 2.24) is 5.32 Å². The van der Waals surface area contributed by atoms with Gasteiger partial charge in [0.25, 0.3) is 5.91 Å². The second kappa shape index (κ2) is 9.69. The highest BCUT2D eigenvalue weighted by atomic mass is 19.3. The van der Waals surface area contributed by atoms with Crippen LogP contribution in [0.5, 0.6) is 11.5 Å². The van der Waals surface area contributed by atoms with E-state index in [1.165, 1.54) is 31.5 Å². The van der Waals surface area contributed by atoms with E-state index in [0.717, 1.165) is 0 Å². The van der Waals surface area contributed by atoms with Gasteiger partial charge in [0.2, 0.25) is 0 Å². The highest BCUT2D eigenvalue weighted by Gasteiger charge is 2.11. The highest BCUT2D eigenvalue weighted by molar-refractivity contribution is 5.81. The number of hydrogen-bond acceptors (Lipinski definition) is 5. The number of halogens is 2. The third kappa shape index (κ3) is 6.80. The second-order valence-electron chi connectivity index (χ2n) is 5.40. The van der Waals surface area contributed by atoms with Gasteiger partial charge in [-0.25, -0.2) is 0 Å². The Hall–Kier alpha value is -2.38. The van der Waals surface area contributed by atoms with Crippen molar-refractivity contribution >= 4 is 12.1 Å². The van der Waals surface area contributed by atoms with Gasteiger partial charge in [0, 0.05) is 11.6 Å². The molecule has 0 fully saturated rings. The monoisotopic (exact) mass is 344 g/mol. The Kier molecular flexibility index (Phi) is 7.94. The van der Waals surface area contributed by atoms with Gasteiger partial charge in [-0.2, -0.15) is 8.78 Å². The van der Waals surface area contributed by atoms with Gasteiger partial charge in [-0.15, -0.1) is 0 Å². The average molecular weight is 344 g/mol. The molecule has 0 radical (unpaired) electrons. The fourth-order valence-electron chi connectivity index (χ4n) is 1.61. The summed E-state index contributed by atoms with van der Waals surface area (Å²) < 4.78 is 33.8. The molecule has 6 nitrogen and oxygen atoms in total. The van der Waals surface area contributed by atoms with Crippen molar-refractivity contribution in [3.8, 4) is 11.5 Å². The number of amides is 1. The van der Waals surface area contributed by atoms with Gasteiger partial charge in [0.15, 0.2) is 18.1 Å². The number of benzene rings is 1. The summed E-state index contributed by atoms with van der Waals surface area (Å²) in [5, 5.41) is 6.45. The Balaban J connectivity index is 2.54. The molecule has 1 aromatic rings. The Labute approximate surface area is 139 Å². The van der Waals surface area contributed by atoms with Gasteiger partial charge in [-0.05, 0) is 31.0 Å². The lowest BCUT2D eigenvalue weighted by atomic mass is 10.1. The number of nitrogens with zero attached hydrogens (tertiary/aromatic N) is 1. The maximum atomic E-state index is 12.2. The molecule has 0 aliphatic rings. The molecular formula is C16H22F2N2O4. The number of methoxy groups -OCH3 is 1. The van der Waals surface area contributed by atoms with Crippen LogP contribution in [0, 0.1) is 5.92 Å². The Morgan fingerprint density at radius 2 is 2.00 bits per heavy atom. The summed E-state index contributed by atoms with van der Waals surface area (Å²) in [4.78, 5) is 16.5. The molecule has 8 heteroatoms. The number of carbonyl (C=O) groups is 1. The molecule has 1 N–H and O–H groups in total. The first-order chi connectivity index (χ1) is 11.3. The lowest BCUT2D eigenvalue weighted by molar-refractivity contribution is -0.126. The van der Waals surface area contributed by atoms with Crippen molar-refractivity contribution in [1.29, 1.82) is 0 Å². The van der Waals surface area contributed by atoms with Gasteiger partial charge < -0.3 is 19.6 Å². The molecule has 1 aromatic carbocycles. The molecule has 0 aromatic heterocycles. The number of alkyl halides is 2. The Morgan fingerprint density at radius 1 is 1.29 bits per heavy atom. The summed E-state index contributed by atoms with van der Waals surface area (Å²) in [6.45, 7) is 2.75. The Bertz CT molecular complexity index is 565. The van der Waals surface area contributed by atoms with Crippen LogP contribution < -0.4 is 14.8 Å². The van der Waals surface area contributed by atoms with Crippen molar-refractivity contribution in [2.24, 2.45) is 11.1 Å². The minimum absolute atomic E-state index is 0.0386. The van der Waals surface area contributed by atoms with Crippen LogP contribution in [0.4, 0.5) is 8.78 Å². The predicted molar refractivity (Wildman–Crippen MR) is 85.6 cm³/mol. The minimum atomic E-state index is -2.94. The maximum Gasteiger partial charge on any atom is 0.387 e. The second-order valence-corrected chi connectivity index (χ2v) is 5.40. The standard InChI is InChI=1S/C16H22F2N2O4/c1-10(2)11(3)20-15(21)9-23-19-8-12-5-6-13(24-16(17)18)14(7-12)22-4/h5-8,10-11,16H,9H2,1-4H3,(H,20,21)/b19-8+. The number of carbonyl (C=O) groups excluding carboxylic acids is 1. The van der Waals surface area contributed by atoms with Crippen molar-refractivity contribution in [2.75, 3.05) is 13.7 Å². The molecule has 24 heavy (non-hydrogen) atoms. The van der Waals surface area contributed by atoms with E-state index in [0.29, 0.717) is 11.5 Å². The third-order valence-electron chi connectivity index (χ3n) is 3.26. The van der Waals surface area contributed by atoms with E-state index in [2.05, 4.69) is 15.2 Å². The molecule has 134 valence electrons. The molecule has 0 saturated heterocycles. The summed E-state index contributed by atoms with van der Waals surface area (Å²) in [6.07, 6.45) is 1.34. The van der Waals surface area contributed by atoms with Crippen molar-refractivity contribution < 1.29 is 27.9 Å². The molecule has 1 amide bonds. The van der Waals surface area contributed by atoms with Crippen LogP contribution in [0.2, 0.25) is 0 Å². The van der Waals surface area contributed by atoms with Gasteiger partial charge in [-0.1, -0.05) is 19.0 Å². The van der Waals surface area contributed by atoms with Gasteiger partial charge in [0.05, 0.1) is 13.3 Å². The molecule has 1 atom stereocenters. The fraction of sp³-hybridized carbons (Fsp3) is 0.500. The van der Waals surface area contributed by atoms with E-state index in [-0.39, 0.29) is 30.1 Å². The first kappa shape index (κ1) is 19.7. The summed E-state index contributed by atoms with van der Waals surface area (Å²) in [5.74, 6) is 0.112. The Morgan fingerprint density at radius 3 is 2.58 bits per heavy atom. The highest BCUT2D eigenvalue weighted by Crippen LogP contribution is 2.28. The smallest absolute Gasteiger partial charge is 0.387 e. The van der Waals surface area contributed by atoms with Crippen LogP contribution >= 0.6 is 0 Å². The molecule has 0 aliphatic carbocycles. The van der Waals surface area contributed by atoms with Crippen LogP contribution in [-0.4, -0.2) is 38.5 Å². The van der Waals surface area contributed by atoms with E-state index in [4.69, 9.17) is 9.57 Å². The summed E-state index contributed by atoms with van der Waals surface area (Å²) in [5.41, 5.74) is 0.546. The lowest BCUT2D eigenvalue weighted by Crippen LogP contribution is -2.38. The maximum absolute atomic E-state index is 12.2. The van der Waals surface area contributed by atoms with Crippen LogP contribution in [0.25, 0.3) is 0 Å². The number of hydrogen-bond donors (Lipinski definition) is 1. The zero-order chi connectivity index (χ0) is 18.1. The van der Waals surface area contributed by atoms with Gasteiger partial charge in [-0.3, -0.25) is 4.79 Å². The first-order valence-corrected chi connectivity index (χ1v) is 7.41. The molecule has 1 rings (SSSR count). The fourth-order valence-corrected chi connectivity index (χ4v) is 1.61. The largest absolute Gasteiger partial charge is 0.493 e. The first-order valence-electron chi connectivity index (χ1n) is 7.41. The number of oxime groups is 1. The van der Waals surface area contributed by atoms with Crippen LogP contribution in [0.3, 0.4) is 0 Å². The van der Waals surface area contributed by atoms with E-state index < -0.39 is 6.61 Å². The number of rotatable bonds is 9. The van der Waals surface area contributed by atoms with E-state index >= 15 is 0 Å². The molecular weight excluding hydrogens is 322 g/mol. The summed E-state index contributed by atoms with van der Waals surface area (Å²) >= 11 is 0. The van der Waals surface area contributed by atoms with Gasteiger partial charge in [0.1, 0.15) is 0 Å². The van der Waals surface area contributed by atoms with E-state index in [1.807, 2.05) is 20.8 Å². The predicted octanol–water partition coefficient (Wildman–Crippen LogP) is 2.81. The number of ether oxygens (including phenoxy) is 2. The van der Waals surface area contributed by atoms with Crippen molar-refractivity contribution in [2.45, 2.75) is 33.4 Å². The third-order valence-corrected chi connectivity index (χ3v) is 3.26. The van der Waals surface area contributed by atoms with Crippen molar-refractivity contribution in [3.63, 3.8) is 0 Å². The summed E-state index contributed by atoms with van der Waals surface area (Å²) in [6, 6.07) is 4.35. The molecule has 0 aliphatic heterocycles. The van der Waals surface area contributed by atoms with E-state index in [9.17, 15) is 13.6 Å². The van der Waals surface area contributed by atoms with Gasteiger partial charge >= 0.3 is 6.61 Å². The van der Waals surface area contributed by atoms with Crippen LogP contribution in [0.15, 0.2) is 23.4 Å². The van der Waals surface area contributed by atoms with E-state index in [1.54, 1.807) is 0 Å². The molecule has 0 bridgehead atoms. The molecule has 1 unspecified atom stereocenters. The molecule has 0 spiro atoms. The zero-order valence-corrected chi connectivity index (χ0v) is 14.1. The lowest BCUT2D eigenvalue weighted by Gasteiger charge is -2.16. The normalized spacial score (nSPS) is 12.5. The average Bonchev–Trinajstić information content (AvgIpc) is 2.52. The number of nitrogens with one attached hydrogen (secondary N) is 1. The molecule has 0 saturated carbocycles. The van der Waals surface area contributed by atoms with Crippen molar-refractivity contribution in [3.05, 3.63) is 23.8 Å². The zero-order valence-electron chi connectivity index (χ0n) is 14.1. The minimum Gasteiger partial charge on any atom is -0.493 e. The molecule has 0 heterocycles. The quantitative estimate of drug-likeness (QED) is 0.552. The summed E-state index contributed by atoms with van der Waals surface area (Å²) in [7, 11) is 1.34. The van der Waals surface area contributed by atoms with Crippen LogP contribution in [-0.2, 0) is 9.63 Å². The topological polar surface area (TPSA) is 69.2 Å².